The van der Waals surface area contributed by atoms with Crippen LogP contribution in [0.15, 0.2) is 42.9 Å². The van der Waals surface area contributed by atoms with E-state index in [2.05, 4.69) is 48.9 Å². The Labute approximate surface area is 214 Å². The molecule has 36 heavy (non-hydrogen) atoms. The van der Waals surface area contributed by atoms with Gasteiger partial charge < -0.3 is 15.7 Å². The summed E-state index contributed by atoms with van der Waals surface area (Å²) in [6.45, 7) is 9.53. The van der Waals surface area contributed by atoms with E-state index in [1.165, 1.54) is 11.3 Å². The predicted molar refractivity (Wildman–Crippen MR) is 144 cm³/mol. The first-order chi connectivity index (χ1) is 17.3. The van der Waals surface area contributed by atoms with Gasteiger partial charge >= 0.3 is 6.03 Å². The van der Waals surface area contributed by atoms with E-state index in [1.54, 1.807) is 26.2 Å². The maximum atomic E-state index is 12.1. The molecule has 0 saturated carbocycles. The number of rotatable bonds is 9. The van der Waals surface area contributed by atoms with Crippen molar-refractivity contribution in [2.24, 2.45) is 0 Å². The van der Waals surface area contributed by atoms with Crippen molar-refractivity contribution in [1.82, 2.24) is 30.6 Å². The Kier molecular flexibility index (Phi) is 7.88. The summed E-state index contributed by atoms with van der Waals surface area (Å²) in [6.07, 6.45) is 6.28. The minimum absolute atomic E-state index is 0.295. The number of carbonyl (C=O) groups is 1. The molecule has 188 valence electrons. The first-order valence-corrected chi connectivity index (χ1v) is 12.8. The number of aromatic nitrogens is 4. The van der Waals surface area contributed by atoms with Crippen LogP contribution in [0.3, 0.4) is 0 Å². The highest BCUT2D eigenvalue weighted by molar-refractivity contribution is 7.22. The van der Waals surface area contributed by atoms with Gasteiger partial charge in [-0.3, -0.25) is 10.3 Å². The molecule has 0 aliphatic rings. The van der Waals surface area contributed by atoms with Gasteiger partial charge in [0.2, 0.25) is 0 Å². The molecule has 0 radical (unpaired) electrons. The zero-order valence-corrected chi connectivity index (χ0v) is 21.7. The summed E-state index contributed by atoms with van der Waals surface area (Å²) in [5.74, 6) is 0.351. The average Bonchev–Trinajstić information content (AvgIpc) is 3.25. The molecule has 4 rings (SSSR count). The zero-order valence-electron chi connectivity index (χ0n) is 20.9. The molecule has 0 fully saturated rings. The van der Waals surface area contributed by atoms with Crippen LogP contribution in [-0.4, -0.2) is 44.2 Å². The molecule has 0 unspecified atom stereocenters. The van der Waals surface area contributed by atoms with Crippen molar-refractivity contribution in [1.29, 1.82) is 0 Å². The highest BCUT2D eigenvalue weighted by Gasteiger charge is 2.20. The number of thiazole rings is 1. The van der Waals surface area contributed by atoms with Gasteiger partial charge in [0.05, 0.1) is 15.9 Å². The van der Waals surface area contributed by atoms with Crippen LogP contribution in [0.4, 0.5) is 9.93 Å². The second kappa shape index (κ2) is 11.1. The number of nitrogens with zero attached hydrogens (tertiary/aromatic N) is 4. The molecule has 3 heterocycles. The number of amides is 2. The SMILES string of the molecule is CCCNCc1ccnc(-c2cc(-c3cnc(C(C)(C)O)nc3)cc3nc(NC(=O)NCC)sc23)c1. The van der Waals surface area contributed by atoms with Gasteiger partial charge in [-0.2, -0.15) is 0 Å². The molecule has 4 N–H and O–H groups in total. The predicted octanol–water partition coefficient (Wildman–Crippen LogP) is 4.68. The monoisotopic (exact) mass is 505 g/mol. The summed E-state index contributed by atoms with van der Waals surface area (Å²) in [5.41, 5.74) is 4.13. The van der Waals surface area contributed by atoms with Crippen LogP contribution in [0.1, 0.15) is 45.5 Å². The van der Waals surface area contributed by atoms with Crippen LogP contribution in [0.25, 0.3) is 32.6 Å². The molecule has 3 aromatic heterocycles. The number of benzene rings is 1. The van der Waals surface area contributed by atoms with E-state index in [0.717, 1.165) is 57.7 Å². The standard InChI is InChI=1S/C26H31N7O2S/c1-5-8-27-13-16-7-9-29-20(10-16)19-11-17(18-14-30-23(31-15-18)26(3,4)35)12-21-22(19)36-25(32-21)33-24(34)28-6-2/h7,9-12,14-15,27,35H,5-6,8,13H2,1-4H3,(H2,28,32,33,34). The van der Waals surface area contributed by atoms with Gasteiger partial charge in [0, 0.05) is 42.8 Å². The molecular weight excluding hydrogens is 474 g/mol. The van der Waals surface area contributed by atoms with E-state index in [1.807, 2.05) is 31.3 Å². The number of nitrogens with one attached hydrogen (secondary N) is 3. The normalized spacial score (nSPS) is 11.6. The Morgan fingerprint density at radius 1 is 1.08 bits per heavy atom. The smallest absolute Gasteiger partial charge is 0.321 e. The summed E-state index contributed by atoms with van der Waals surface area (Å²) in [5, 5.41) is 19.7. The van der Waals surface area contributed by atoms with Crippen LogP contribution in [0.2, 0.25) is 0 Å². The zero-order chi connectivity index (χ0) is 25.7. The van der Waals surface area contributed by atoms with Crippen LogP contribution < -0.4 is 16.0 Å². The van der Waals surface area contributed by atoms with Gasteiger partial charge in [0.15, 0.2) is 11.0 Å². The number of anilines is 1. The van der Waals surface area contributed by atoms with Crippen molar-refractivity contribution in [3.8, 4) is 22.4 Å². The lowest BCUT2D eigenvalue weighted by molar-refractivity contribution is 0.0687. The second-order valence-electron chi connectivity index (χ2n) is 8.96. The maximum Gasteiger partial charge on any atom is 0.321 e. The molecule has 0 bridgehead atoms. The second-order valence-corrected chi connectivity index (χ2v) is 9.96. The van der Waals surface area contributed by atoms with Crippen molar-refractivity contribution < 1.29 is 9.90 Å². The van der Waals surface area contributed by atoms with Crippen molar-refractivity contribution in [2.75, 3.05) is 18.4 Å². The van der Waals surface area contributed by atoms with Crippen LogP contribution in [0, 0.1) is 0 Å². The highest BCUT2D eigenvalue weighted by Crippen LogP contribution is 2.38. The minimum atomic E-state index is -1.13. The molecule has 0 spiro atoms. The third kappa shape index (κ3) is 6.01. The lowest BCUT2D eigenvalue weighted by Gasteiger charge is -2.15. The number of hydrogen-bond acceptors (Lipinski definition) is 8. The minimum Gasteiger partial charge on any atom is -0.382 e. The third-order valence-electron chi connectivity index (χ3n) is 5.44. The molecule has 0 aliphatic carbocycles. The first kappa shape index (κ1) is 25.6. The Morgan fingerprint density at radius 3 is 2.56 bits per heavy atom. The van der Waals surface area contributed by atoms with Crippen molar-refractivity contribution in [3.63, 3.8) is 0 Å². The van der Waals surface area contributed by atoms with Crippen molar-refractivity contribution >= 4 is 32.7 Å². The van der Waals surface area contributed by atoms with Gasteiger partial charge in [-0.1, -0.05) is 18.3 Å². The summed E-state index contributed by atoms with van der Waals surface area (Å²) < 4.78 is 0.922. The van der Waals surface area contributed by atoms with Gasteiger partial charge in [0.1, 0.15) is 5.60 Å². The Morgan fingerprint density at radius 2 is 1.86 bits per heavy atom. The third-order valence-corrected chi connectivity index (χ3v) is 6.46. The van der Waals surface area contributed by atoms with Gasteiger partial charge in [-0.05, 0) is 69.1 Å². The fraction of sp³-hybridized carbons (Fsp3) is 0.346. The van der Waals surface area contributed by atoms with Crippen molar-refractivity contribution in [2.45, 2.75) is 46.3 Å². The fourth-order valence-corrected chi connectivity index (χ4v) is 4.64. The van der Waals surface area contributed by atoms with Crippen molar-refractivity contribution in [3.05, 3.63) is 54.2 Å². The topological polar surface area (TPSA) is 125 Å². The quantitative estimate of drug-likeness (QED) is 0.243. The number of fused-ring (bicyclic) bond motifs is 1. The Bertz CT molecular complexity index is 1350. The fourth-order valence-electron chi connectivity index (χ4n) is 3.68. The summed E-state index contributed by atoms with van der Waals surface area (Å²) in [7, 11) is 0. The number of carbonyl (C=O) groups excluding carboxylic acids is 1. The number of pyridine rings is 1. The van der Waals surface area contributed by atoms with E-state index >= 15 is 0 Å². The lowest BCUT2D eigenvalue weighted by Crippen LogP contribution is -2.28. The van der Waals surface area contributed by atoms with Gasteiger partial charge in [-0.15, -0.1) is 0 Å². The first-order valence-electron chi connectivity index (χ1n) is 12.0. The number of aliphatic hydroxyl groups is 1. The average molecular weight is 506 g/mol. The molecule has 10 heteroatoms. The van der Waals surface area contributed by atoms with E-state index in [4.69, 9.17) is 0 Å². The molecular formula is C26H31N7O2S. The Hall–Kier alpha value is -3.47. The molecule has 0 saturated heterocycles. The van der Waals surface area contributed by atoms with Crippen LogP contribution in [-0.2, 0) is 12.1 Å². The van der Waals surface area contributed by atoms with E-state index < -0.39 is 5.60 Å². The largest absolute Gasteiger partial charge is 0.382 e. The molecule has 4 aromatic rings. The lowest BCUT2D eigenvalue weighted by atomic mass is 10.0. The van der Waals surface area contributed by atoms with Gasteiger partial charge in [0.25, 0.3) is 0 Å². The maximum absolute atomic E-state index is 12.1. The number of urea groups is 1. The summed E-state index contributed by atoms with van der Waals surface area (Å²) in [6, 6.07) is 7.78. The van der Waals surface area contributed by atoms with E-state index in [9.17, 15) is 9.90 Å². The van der Waals surface area contributed by atoms with Crippen LogP contribution >= 0.6 is 11.3 Å². The number of hydrogen-bond donors (Lipinski definition) is 4. The molecule has 0 aliphatic heterocycles. The molecule has 2 amide bonds. The van der Waals surface area contributed by atoms with E-state index in [0.29, 0.717) is 17.5 Å². The Balaban J connectivity index is 1.80. The van der Waals surface area contributed by atoms with Gasteiger partial charge in [-0.25, -0.2) is 19.7 Å². The van der Waals surface area contributed by atoms with Crippen LogP contribution in [0.5, 0.6) is 0 Å². The van der Waals surface area contributed by atoms with E-state index in [-0.39, 0.29) is 6.03 Å². The summed E-state index contributed by atoms with van der Waals surface area (Å²) >= 11 is 1.41. The molecule has 0 atom stereocenters. The molecule has 9 nitrogen and oxygen atoms in total. The summed E-state index contributed by atoms with van der Waals surface area (Å²) in [4.78, 5) is 30.2. The highest BCUT2D eigenvalue weighted by atomic mass is 32.1. The molecule has 1 aromatic carbocycles.